The summed E-state index contributed by atoms with van der Waals surface area (Å²) in [5.41, 5.74) is 24.4. The summed E-state index contributed by atoms with van der Waals surface area (Å²) in [5, 5.41) is 35.2. The van der Waals surface area contributed by atoms with E-state index in [4.69, 9.17) is 28.0 Å². The second kappa shape index (κ2) is 42.4. The van der Waals surface area contributed by atoms with Crippen molar-refractivity contribution < 1.29 is 105 Å². The van der Waals surface area contributed by atoms with Gasteiger partial charge in [0.1, 0.15) is 17.6 Å². The molecule has 2 rings (SSSR count). The summed E-state index contributed by atoms with van der Waals surface area (Å²) in [5.74, 6) is -3.11. The van der Waals surface area contributed by atoms with Gasteiger partial charge >= 0.3 is 63.3 Å². The summed E-state index contributed by atoms with van der Waals surface area (Å²) in [4.78, 5) is 97.3. The molecule has 5 atom stereocenters. The van der Waals surface area contributed by atoms with E-state index in [1.54, 1.807) is 18.4 Å². The fourth-order valence-corrected chi connectivity index (χ4v) is 9.73. The van der Waals surface area contributed by atoms with Crippen LogP contribution in [0.4, 0.5) is 0 Å². The Bertz CT molecular complexity index is 1730. The zero-order valence-electron chi connectivity index (χ0n) is 41.1. The molecule has 390 valence electrons. The van der Waals surface area contributed by atoms with Gasteiger partial charge in [0.25, 0.3) is 0 Å². The summed E-state index contributed by atoms with van der Waals surface area (Å²) in [6, 6.07) is 2.89. The van der Waals surface area contributed by atoms with E-state index < -0.39 is 53.8 Å². The Morgan fingerprint density at radius 3 is 1.73 bits per heavy atom. The van der Waals surface area contributed by atoms with E-state index in [0.717, 1.165) is 44.1 Å². The van der Waals surface area contributed by atoms with Gasteiger partial charge in [-0.25, -0.2) is 11.1 Å². The van der Waals surface area contributed by atoms with Crippen molar-refractivity contribution in [2.75, 3.05) is 24.6 Å². The van der Waals surface area contributed by atoms with Crippen LogP contribution >= 0.6 is 21.6 Å². The molecule has 0 saturated carbocycles. The zero-order chi connectivity index (χ0) is 51.2. The van der Waals surface area contributed by atoms with Crippen LogP contribution in [0.1, 0.15) is 153 Å². The molecule has 0 radical (unpaired) electrons. The number of carbonyl (C=O) groups excluding carboxylic acids is 6. The first-order valence-electron chi connectivity index (χ1n) is 24.3. The molecule has 0 aromatic heterocycles. The molecule has 1 fully saturated rings. The largest absolute Gasteiger partial charge is 1.00 e. The van der Waals surface area contributed by atoms with Crippen LogP contribution in [0.5, 0.6) is 5.75 Å². The number of unbranched alkanes of at least 4 members (excludes halogenated alkanes) is 15. The Labute approximate surface area is 464 Å². The van der Waals surface area contributed by atoms with E-state index in [-0.39, 0.29) is 119 Å². The number of carboxylic acids is 2. The maximum Gasteiger partial charge on any atom is 1.00 e. The number of nitrogens with two attached hydrogens (primary N) is 3. The fourth-order valence-electron chi connectivity index (χ4n) is 7.27. The topological polar surface area (TPSA) is 348 Å². The maximum atomic E-state index is 12.5. The molecule has 3 amide bonds. The van der Waals surface area contributed by atoms with Crippen molar-refractivity contribution in [3.8, 4) is 5.75 Å². The molecule has 70 heavy (non-hydrogen) atoms. The van der Waals surface area contributed by atoms with Crippen LogP contribution in [0.3, 0.4) is 0 Å². The first-order valence-corrected chi connectivity index (χ1v) is 26.8. The number of ketones is 2. The Balaban J connectivity index is 0.00000150. The number of hydrogen-bond acceptors (Lipinski definition) is 13. The smallest absolute Gasteiger partial charge is 0.668 e. The van der Waals surface area contributed by atoms with Gasteiger partial charge in [0, 0.05) is 43.9 Å². The third kappa shape index (κ3) is 35.9. The minimum absolute atomic E-state index is 0. The molecule has 1 aromatic carbocycles. The number of nitrogens with one attached hydrogen (secondary N) is 4. The van der Waals surface area contributed by atoms with Crippen LogP contribution < -0.4 is 84.5 Å². The van der Waals surface area contributed by atoms with Crippen LogP contribution in [0.2, 0.25) is 0 Å². The number of benzene rings is 1. The summed E-state index contributed by atoms with van der Waals surface area (Å²) >= 11 is 0. The molecule has 0 aliphatic carbocycles. The molecule has 1 unspecified atom stereocenters. The van der Waals surface area contributed by atoms with Crippen LogP contribution in [-0.2, 0) is 44.8 Å². The molecule has 1 aliphatic rings. The molecule has 1 aliphatic heterocycles. The first-order chi connectivity index (χ1) is 33.0. The minimum Gasteiger partial charge on any atom is -0.668 e. The standard InChI is InChI=1S/C31H56N5O7.C17H22N3O4S2.K/c32-31(33)34-23-17-18-25(24-37)35-28(39)22-21-26(30(42)43)36-27(38)19-15-13-11-9-7-5-3-1-2-4-6-8-10-12-14-16-20-29(40)41;18-13-9-26-25-8-11(6-15(13)22)16(23)7-20-14(17(19)24)5-10-1-3-12(21)4-2-10;/h25-26H,1-23H2,(H,35,39)(H,36,38)(H,40,41)(H,42,43)(H4,32,33,34);1-4,11,13-14,18,20-21H,5-9H2,(H2,19,24);/q2*-1;+1/t25-,26?;11-,13-,14-;/m00./s1. The van der Waals surface area contributed by atoms with Crippen molar-refractivity contribution in [3.63, 3.8) is 0 Å². The number of hydrogen-bond donors (Lipinski definition) is 9. The van der Waals surface area contributed by atoms with Crippen LogP contribution in [0.15, 0.2) is 29.3 Å². The molecule has 13 N–H and O–H groups in total. The van der Waals surface area contributed by atoms with Gasteiger partial charge in [-0.3, -0.25) is 34.3 Å². The van der Waals surface area contributed by atoms with E-state index in [9.17, 15) is 48.6 Å². The van der Waals surface area contributed by atoms with Crippen molar-refractivity contribution in [2.45, 2.75) is 178 Å². The molecule has 0 spiro atoms. The van der Waals surface area contributed by atoms with Crippen LogP contribution in [-0.4, -0.2) is 118 Å². The van der Waals surface area contributed by atoms with E-state index in [1.807, 2.05) is 0 Å². The van der Waals surface area contributed by atoms with E-state index in [1.165, 1.54) is 91.5 Å². The number of phenols is 1. The van der Waals surface area contributed by atoms with Crippen molar-refractivity contribution >= 4 is 75.1 Å². The van der Waals surface area contributed by atoms with E-state index in [0.29, 0.717) is 43.7 Å². The summed E-state index contributed by atoms with van der Waals surface area (Å²) in [7, 11) is 2.93. The first kappa shape index (κ1) is 66.9. The molecule has 1 saturated heterocycles. The normalized spacial score (nSPS) is 15.8. The quantitative estimate of drug-likeness (QED) is 0.0115. The monoisotopic (exact) mass is 1050 g/mol. The number of guanidine groups is 1. The number of phenolic OH excluding ortho intramolecular Hbond substituents is 1. The van der Waals surface area contributed by atoms with Gasteiger partial charge in [-0.15, -0.1) is 0 Å². The predicted molar refractivity (Wildman–Crippen MR) is 271 cm³/mol. The number of Topliss-reactive ketones (excluding diaryl/α,β-unsaturated/α-hetero) is 2. The second-order valence-corrected chi connectivity index (χ2v) is 19.9. The molecular weight excluding hydrogens is 968 g/mol. The number of aliphatic carboxylic acids is 2. The van der Waals surface area contributed by atoms with Gasteiger partial charge in [-0.05, 0) is 55.6 Å². The minimum atomic E-state index is -1.21. The van der Waals surface area contributed by atoms with Crippen LogP contribution in [0.25, 0.3) is 5.73 Å². The average molecular weight is 1050 g/mol. The summed E-state index contributed by atoms with van der Waals surface area (Å²) in [6.07, 6.45) is 21.1. The van der Waals surface area contributed by atoms with Crippen molar-refractivity contribution in [3.05, 3.63) is 35.6 Å². The van der Waals surface area contributed by atoms with Gasteiger partial charge in [-0.1, -0.05) is 142 Å². The average Bonchev–Trinajstić information content (AvgIpc) is 3.30. The fraction of sp³-hybridized carbons (Fsp3) is 0.688. The summed E-state index contributed by atoms with van der Waals surface area (Å²) < 4.78 is 0. The number of nitrogens with zero attached hydrogens (tertiary/aromatic N) is 1. The number of primary amides is 1. The molecule has 19 nitrogen and oxygen atoms in total. The SMILES string of the molecule is NC(N)=NCCC[C@@H]([C-]=O)NC(=O)CCC(NC(=O)CCCCCCCCCCCCCCCCCCC(=O)O)C(=O)O.[K+].[NH-][C@H]1CSSC[C@@H](C(=O)CN[C@@H](Cc2ccc(O)cc2)C(N)=O)CC1=O. The zero-order valence-corrected chi connectivity index (χ0v) is 45.9. The van der Waals surface area contributed by atoms with Gasteiger partial charge in [-0.2, -0.15) is 0 Å². The number of rotatable bonds is 37. The third-order valence-electron chi connectivity index (χ3n) is 11.4. The molecule has 22 heteroatoms. The molecule has 1 heterocycles. The molecular formula is C48H78KN8O11S2-. The van der Waals surface area contributed by atoms with E-state index in [2.05, 4.69) is 20.9 Å². The predicted octanol–water partition coefficient (Wildman–Crippen LogP) is 2.43. The Kier molecular flexibility index (Phi) is 40.5. The van der Waals surface area contributed by atoms with Gasteiger partial charge in [0.05, 0.1) is 12.6 Å². The summed E-state index contributed by atoms with van der Waals surface area (Å²) in [6.45, 7) is 0.254. The Morgan fingerprint density at radius 1 is 0.714 bits per heavy atom. The maximum absolute atomic E-state index is 12.5. The third-order valence-corrected chi connectivity index (χ3v) is 13.9. The van der Waals surface area contributed by atoms with Gasteiger partial charge in [0.2, 0.25) is 17.7 Å². The Morgan fingerprint density at radius 2 is 1.23 bits per heavy atom. The number of aromatic hydroxyl groups is 1. The van der Waals surface area contributed by atoms with E-state index >= 15 is 0 Å². The number of amides is 3. The molecule has 0 bridgehead atoms. The van der Waals surface area contributed by atoms with Crippen molar-refractivity contribution in [1.29, 1.82) is 0 Å². The van der Waals surface area contributed by atoms with Gasteiger partial charge < -0.3 is 58.5 Å². The number of carboxylic acid groups (broad SMARTS) is 2. The van der Waals surface area contributed by atoms with Crippen LogP contribution in [0, 0.1) is 5.92 Å². The van der Waals surface area contributed by atoms with Gasteiger partial charge in [0.15, 0.2) is 11.7 Å². The van der Waals surface area contributed by atoms with Crippen molar-refractivity contribution in [1.82, 2.24) is 16.0 Å². The molecule has 1 aromatic rings. The van der Waals surface area contributed by atoms with Crippen molar-refractivity contribution in [2.24, 2.45) is 28.1 Å². The Hall–Kier alpha value is -3.09. The number of carbonyl (C=O) groups is 7. The second-order valence-electron chi connectivity index (χ2n) is 17.4. The number of aliphatic imine (C=N–C) groups is 1.